The van der Waals surface area contributed by atoms with E-state index < -0.39 is 12.3 Å². The number of rotatable bonds is 2. The number of carbonyl (C=O) groups excluding carboxylic acids is 2. The molecule has 4 aliphatic heterocycles. The molecule has 0 saturated carbocycles. The Morgan fingerprint density at radius 3 is 2.72 bits per heavy atom. The quantitative estimate of drug-likeness (QED) is 0.741. The second kappa shape index (κ2) is 6.12. The molecule has 0 aromatic heterocycles. The van der Waals surface area contributed by atoms with Gasteiger partial charge in [0.1, 0.15) is 0 Å². The van der Waals surface area contributed by atoms with Crippen molar-refractivity contribution in [1.82, 2.24) is 4.90 Å². The Bertz CT molecular complexity index is 1040. The maximum atomic E-state index is 13.7. The summed E-state index contributed by atoms with van der Waals surface area (Å²) >= 11 is 0. The molecule has 2 unspecified atom stereocenters. The third-order valence-corrected chi connectivity index (χ3v) is 6.81. The molecule has 2 bridgehead atoms. The predicted octanol–water partition coefficient (Wildman–Crippen LogP) is 3.14. The molecule has 0 N–H and O–H groups in total. The van der Waals surface area contributed by atoms with Gasteiger partial charge in [-0.2, -0.15) is 0 Å². The number of benzene rings is 2. The van der Waals surface area contributed by atoms with Gasteiger partial charge in [0, 0.05) is 17.7 Å². The van der Waals surface area contributed by atoms with Gasteiger partial charge in [-0.05, 0) is 24.1 Å². The highest BCUT2D eigenvalue weighted by Gasteiger charge is 2.63. The molecule has 3 saturated heterocycles. The van der Waals surface area contributed by atoms with Crippen LogP contribution < -0.4 is 0 Å². The van der Waals surface area contributed by atoms with Gasteiger partial charge in [0.2, 0.25) is 6.29 Å². The number of nitrogens with zero attached hydrogens (tertiary/aromatic N) is 1. The zero-order valence-corrected chi connectivity index (χ0v) is 16.0. The minimum atomic E-state index is -0.797. The summed E-state index contributed by atoms with van der Waals surface area (Å²) in [5, 5.41) is 0. The molecule has 0 spiro atoms. The van der Waals surface area contributed by atoms with Gasteiger partial charge in [-0.1, -0.05) is 54.1 Å². The van der Waals surface area contributed by atoms with Crippen molar-refractivity contribution in [2.75, 3.05) is 6.61 Å². The summed E-state index contributed by atoms with van der Waals surface area (Å²) in [5.74, 6) is -0.543. The van der Waals surface area contributed by atoms with Crippen LogP contribution in [0.15, 0.2) is 54.7 Å². The lowest BCUT2D eigenvalue weighted by atomic mass is 9.75. The minimum Gasteiger partial charge on any atom is -0.359 e. The standard InChI is InChI=1S/C24H21NO4/c1-13-6-8-15(9-7-13)22(26)21-18-17-12-28-24(29-17)23(27)19(18)20-16-5-3-2-4-14(16)10-11-25(20)21/h2-11,17-21,24H,12H2,1H3/t17?,18-,19-,20+,21-,24?/m1/s1. The van der Waals surface area contributed by atoms with Gasteiger partial charge < -0.3 is 14.4 Å². The highest BCUT2D eigenvalue weighted by Crippen LogP contribution is 2.54. The number of ketones is 2. The number of carbonyl (C=O) groups is 2. The van der Waals surface area contributed by atoms with Crippen molar-refractivity contribution in [1.29, 1.82) is 0 Å². The highest BCUT2D eigenvalue weighted by atomic mass is 16.7. The Morgan fingerprint density at radius 1 is 1.10 bits per heavy atom. The number of aryl methyl sites for hydroxylation is 1. The Kier molecular flexibility index (Phi) is 3.61. The molecule has 5 heteroatoms. The first-order valence-electron chi connectivity index (χ1n) is 10.1. The lowest BCUT2D eigenvalue weighted by molar-refractivity contribution is -0.164. The Morgan fingerprint density at radius 2 is 1.90 bits per heavy atom. The van der Waals surface area contributed by atoms with Crippen LogP contribution in [0.4, 0.5) is 0 Å². The van der Waals surface area contributed by atoms with Crippen molar-refractivity contribution in [3.8, 4) is 0 Å². The molecule has 3 fully saturated rings. The van der Waals surface area contributed by atoms with Gasteiger partial charge in [-0.15, -0.1) is 0 Å². The molecule has 146 valence electrons. The monoisotopic (exact) mass is 387 g/mol. The van der Waals surface area contributed by atoms with Crippen LogP contribution in [0.25, 0.3) is 6.08 Å². The van der Waals surface area contributed by atoms with E-state index in [0.717, 1.165) is 16.7 Å². The van der Waals surface area contributed by atoms with E-state index in [1.165, 1.54) is 0 Å². The van der Waals surface area contributed by atoms with Crippen molar-refractivity contribution >= 4 is 17.6 Å². The molecule has 6 atom stereocenters. The Balaban J connectivity index is 1.50. The summed E-state index contributed by atoms with van der Waals surface area (Å²) in [7, 11) is 0. The second-order valence-corrected chi connectivity index (χ2v) is 8.36. The van der Waals surface area contributed by atoms with E-state index >= 15 is 0 Å². The van der Waals surface area contributed by atoms with E-state index in [0.29, 0.717) is 12.2 Å². The van der Waals surface area contributed by atoms with E-state index in [2.05, 4.69) is 17.0 Å². The van der Waals surface area contributed by atoms with E-state index in [9.17, 15) is 9.59 Å². The molecule has 29 heavy (non-hydrogen) atoms. The molecule has 0 amide bonds. The van der Waals surface area contributed by atoms with Crippen molar-refractivity contribution in [2.45, 2.75) is 31.4 Å². The summed E-state index contributed by atoms with van der Waals surface area (Å²) in [4.78, 5) is 29.0. The van der Waals surface area contributed by atoms with Crippen LogP contribution in [0.5, 0.6) is 0 Å². The fourth-order valence-electron chi connectivity index (χ4n) is 5.51. The Hall–Kier alpha value is -2.76. The fraction of sp³-hybridized carbons (Fsp3) is 0.333. The van der Waals surface area contributed by atoms with Crippen LogP contribution in [-0.4, -0.2) is 41.5 Å². The first-order valence-corrected chi connectivity index (χ1v) is 10.1. The summed E-state index contributed by atoms with van der Waals surface area (Å²) < 4.78 is 11.5. The van der Waals surface area contributed by atoms with Crippen LogP contribution in [0.2, 0.25) is 0 Å². The van der Waals surface area contributed by atoms with Gasteiger partial charge >= 0.3 is 0 Å². The lowest BCUT2D eigenvalue weighted by Gasteiger charge is -2.34. The molecule has 6 rings (SSSR count). The molecular formula is C24H21NO4. The van der Waals surface area contributed by atoms with Crippen LogP contribution >= 0.6 is 0 Å². The molecule has 4 aliphatic rings. The molecule has 2 aromatic rings. The molecule has 0 aliphatic carbocycles. The molecule has 5 nitrogen and oxygen atoms in total. The predicted molar refractivity (Wildman–Crippen MR) is 106 cm³/mol. The maximum Gasteiger partial charge on any atom is 0.218 e. The normalized spacial score (nSPS) is 34.0. The number of fused-ring (bicyclic) bond motifs is 8. The highest BCUT2D eigenvalue weighted by molar-refractivity contribution is 6.02. The van der Waals surface area contributed by atoms with Crippen molar-refractivity contribution < 1.29 is 19.1 Å². The SMILES string of the molecule is Cc1ccc(C(=O)[C@H]2[C@@H]3C4COC(O4)C(=O)[C@H]3[C@@H]3c4ccccc4C=CN23)cc1. The van der Waals surface area contributed by atoms with Crippen molar-refractivity contribution in [3.05, 3.63) is 77.0 Å². The van der Waals surface area contributed by atoms with E-state index in [1.54, 1.807) is 0 Å². The van der Waals surface area contributed by atoms with Crippen LogP contribution in [0.3, 0.4) is 0 Å². The van der Waals surface area contributed by atoms with Crippen molar-refractivity contribution in [2.24, 2.45) is 11.8 Å². The van der Waals surface area contributed by atoms with Gasteiger partial charge in [0.15, 0.2) is 11.6 Å². The topological polar surface area (TPSA) is 55.8 Å². The molecule has 0 radical (unpaired) electrons. The molecule has 2 aromatic carbocycles. The average Bonchev–Trinajstić information content (AvgIpc) is 3.33. The van der Waals surface area contributed by atoms with Crippen LogP contribution in [0.1, 0.15) is 33.1 Å². The third kappa shape index (κ3) is 2.35. The van der Waals surface area contributed by atoms with Gasteiger partial charge in [-0.25, -0.2) is 0 Å². The Labute approximate surface area is 168 Å². The van der Waals surface area contributed by atoms with Crippen LogP contribution in [-0.2, 0) is 14.3 Å². The molecule has 4 heterocycles. The zero-order chi connectivity index (χ0) is 19.7. The van der Waals surface area contributed by atoms with Gasteiger partial charge in [0.25, 0.3) is 0 Å². The number of Topliss-reactive ketones (excluding diaryl/α,β-unsaturated/α-hetero) is 2. The number of ether oxygens (including phenoxy) is 2. The van der Waals surface area contributed by atoms with E-state index in [4.69, 9.17) is 9.47 Å². The van der Waals surface area contributed by atoms with E-state index in [1.807, 2.05) is 55.6 Å². The summed E-state index contributed by atoms with van der Waals surface area (Å²) in [6, 6.07) is 15.2. The van der Waals surface area contributed by atoms with Gasteiger partial charge in [0.05, 0.1) is 30.7 Å². The summed E-state index contributed by atoms with van der Waals surface area (Å²) in [5.41, 5.74) is 3.97. The van der Waals surface area contributed by atoms with E-state index in [-0.39, 0.29) is 35.5 Å². The lowest BCUT2D eigenvalue weighted by Crippen LogP contribution is -2.48. The zero-order valence-electron chi connectivity index (χ0n) is 16.0. The summed E-state index contributed by atoms with van der Waals surface area (Å²) in [6.07, 6.45) is 2.99. The second-order valence-electron chi connectivity index (χ2n) is 8.36. The largest absolute Gasteiger partial charge is 0.359 e. The first-order chi connectivity index (χ1) is 14.1. The smallest absolute Gasteiger partial charge is 0.218 e. The summed E-state index contributed by atoms with van der Waals surface area (Å²) in [6.45, 7) is 2.37. The maximum absolute atomic E-state index is 13.7. The fourth-order valence-corrected chi connectivity index (χ4v) is 5.51. The number of hydrogen-bond donors (Lipinski definition) is 0. The molecular weight excluding hydrogens is 366 g/mol. The van der Waals surface area contributed by atoms with Gasteiger partial charge in [-0.3, -0.25) is 9.59 Å². The number of hydrogen-bond acceptors (Lipinski definition) is 5. The third-order valence-electron chi connectivity index (χ3n) is 6.81. The first kappa shape index (κ1) is 17.1. The minimum absolute atomic E-state index is 0.0354. The average molecular weight is 387 g/mol. The van der Waals surface area contributed by atoms with Crippen LogP contribution in [0, 0.1) is 18.8 Å². The van der Waals surface area contributed by atoms with Crippen molar-refractivity contribution in [3.63, 3.8) is 0 Å².